The standard InChI is InChI=1S/C11H8FNO2/c1-2-11(5-6-11)8-3-4-10(13(14)15)9(12)7-8/h1,3-4,7H,5-6H2. The lowest BCUT2D eigenvalue weighted by atomic mass is 9.97. The van der Waals surface area contributed by atoms with Crippen LogP contribution in [0.3, 0.4) is 0 Å². The largest absolute Gasteiger partial charge is 0.304 e. The summed E-state index contributed by atoms with van der Waals surface area (Å²) in [6, 6.07) is 3.88. The number of nitrogens with zero attached hydrogens (tertiary/aromatic N) is 1. The highest BCUT2D eigenvalue weighted by atomic mass is 19.1. The van der Waals surface area contributed by atoms with Crippen molar-refractivity contribution >= 4 is 5.69 Å². The summed E-state index contributed by atoms with van der Waals surface area (Å²) in [5, 5.41) is 10.4. The highest BCUT2D eigenvalue weighted by Gasteiger charge is 2.43. The lowest BCUT2D eigenvalue weighted by molar-refractivity contribution is -0.387. The third-order valence-electron chi connectivity index (χ3n) is 2.72. The Morgan fingerprint density at radius 2 is 2.20 bits per heavy atom. The van der Waals surface area contributed by atoms with Crippen molar-refractivity contribution in [2.45, 2.75) is 18.3 Å². The smallest absolute Gasteiger partial charge is 0.258 e. The third kappa shape index (κ3) is 1.46. The molecule has 1 fully saturated rings. The number of terminal acetylenes is 1. The van der Waals surface area contributed by atoms with Gasteiger partial charge in [-0.05, 0) is 24.5 Å². The van der Waals surface area contributed by atoms with E-state index in [1.54, 1.807) is 0 Å². The van der Waals surface area contributed by atoms with Gasteiger partial charge in [-0.1, -0.05) is 12.0 Å². The minimum Gasteiger partial charge on any atom is -0.258 e. The van der Waals surface area contributed by atoms with Gasteiger partial charge in [0.25, 0.3) is 0 Å². The molecule has 4 heteroatoms. The summed E-state index contributed by atoms with van der Waals surface area (Å²) in [5.41, 5.74) is -0.227. The molecule has 0 radical (unpaired) electrons. The first kappa shape index (κ1) is 9.66. The number of hydrogen-bond donors (Lipinski definition) is 0. The van der Waals surface area contributed by atoms with Gasteiger partial charge in [-0.2, -0.15) is 4.39 Å². The first-order chi connectivity index (χ1) is 7.09. The predicted octanol–water partition coefficient (Wildman–Crippen LogP) is 2.40. The number of rotatable bonds is 2. The SMILES string of the molecule is C#CC1(c2ccc([N+](=O)[O-])c(F)c2)CC1. The second kappa shape index (κ2) is 3.06. The molecule has 15 heavy (non-hydrogen) atoms. The number of nitro groups is 1. The van der Waals surface area contributed by atoms with E-state index in [9.17, 15) is 14.5 Å². The molecule has 0 heterocycles. The molecule has 3 nitrogen and oxygen atoms in total. The molecule has 0 saturated heterocycles. The van der Waals surface area contributed by atoms with Gasteiger partial charge in [0.2, 0.25) is 5.82 Å². The summed E-state index contributed by atoms with van der Waals surface area (Å²) in [6.45, 7) is 0. The molecule has 0 atom stereocenters. The van der Waals surface area contributed by atoms with Gasteiger partial charge in [0.05, 0.1) is 10.3 Å². The Kier molecular flexibility index (Phi) is 1.97. The van der Waals surface area contributed by atoms with E-state index >= 15 is 0 Å². The summed E-state index contributed by atoms with van der Waals surface area (Å²) in [6.07, 6.45) is 6.98. The van der Waals surface area contributed by atoms with E-state index in [2.05, 4.69) is 5.92 Å². The van der Waals surface area contributed by atoms with Crippen LogP contribution in [0.1, 0.15) is 18.4 Å². The van der Waals surface area contributed by atoms with E-state index in [1.807, 2.05) is 0 Å². The molecule has 0 N–H and O–H groups in total. The van der Waals surface area contributed by atoms with Crippen LogP contribution in [0.15, 0.2) is 18.2 Å². The molecule has 1 aromatic rings. The molecule has 76 valence electrons. The normalized spacial score (nSPS) is 16.8. The van der Waals surface area contributed by atoms with E-state index in [0.717, 1.165) is 12.8 Å². The van der Waals surface area contributed by atoms with Crippen molar-refractivity contribution in [2.75, 3.05) is 0 Å². The molecular formula is C11H8FNO2. The van der Waals surface area contributed by atoms with Crippen molar-refractivity contribution in [1.29, 1.82) is 0 Å². The zero-order valence-electron chi connectivity index (χ0n) is 7.87. The van der Waals surface area contributed by atoms with Crippen LogP contribution in [-0.4, -0.2) is 4.92 Å². The van der Waals surface area contributed by atoms with Crippen LogP contribution < -0.4 is 0 Å². The summed E-state index contributed by atoms with van der Waals surface area (Å²) in [7, 11) is 0. The molecule has 1 saturated carbocycles. The fourth-order valence-electron chi connectivity index (χ4n) is 1.59. The number of halogens is 1. The highest BCUT2D eigenvalue weighted by Crippen LogP contribution is 2.48. The number of hydrogen-bond acceptors (Lipinski definition) is 2. The minimum atomic E-state index is -0.820. The van der Waals surface area contributed by atoms with Gasteiger partial charge in [-0.15, -0.1) is 6.42 Å². The van der Waals surface area contributed by atoms with Crippen LogP contribution in [0.4, 0.5) is 10.1 Å². The lowest BCUT2D eigenvalue weighted by Gasteiger charge is -2.07. The van der Waals surface area contributed by atoms with Gasteiger partial charge in [-0.25, -0.2) is 0 Å². The Bertz CT molecular complexity index is 472. The minimum absolute atomic E-state index is 0.379. The second-order valence-corrected chi connectivity index (χ2v) is 3.65. The van der Waals surface area contributed by atoms with Crippen molar-refractivity contribution in [1.82, 2.24) is 0 Å². The zero-order valence-corrected chi connectivity index (χ0v) is 7.87. The van der Waals surface area contributed by atoms with Gasteiger partial charge in [0.15, 0.2) is 0 Å². The van der Waals surface area contributed by atoms with Gasteiger partial charge in [0.1, 0.15) is 0 Å². The number of benzene rings is 1. The first-order valence-corrected chi connectivity index (χ1v) is 4.51. The molecule has 0 amide bonds. The monoisotopic (exact) mass is 205 g/mol. The Morgan fingerprint density at radius 3 is 2.60 bits per heavy atom. The molecule has 0 spiro atoms. The van der Waals surface area contributed by atoms with E-state index in [4.69, 9.17) is 6.42 Å². The van der Waals surface area contributed by atoms with E-state index in [-0.39, 0.29) is 5.41 Å². The Morgan fingerprint density at radius 1 is 1.53 bits per heavy atom. The quantitative estimate of drug-likeness (QED) is 0.422. The maximum atomic E-state index is 13.3. The lowest BCUT2D eigenvalue weighted by Crippen LogP contribution is -2.04. The average Bonchev–Trinajstić information content (AvgIpc) is 2.97. The molecule has 0 unspecified atom stereocenters. The molecule has 1 aliphatic carbocycles. The average molecular weight is 205 g/mol. The summed E-state index contributed by atoms with van der Waals surface area (Å²) in [5.74, 6) is 1.79. The fraction of sp³-hybridized carbons (Fsp3) is 0.273. The maximum Gasteiger partial charge on any atom is 0.304 e. The van der Waals surface area contributed by atoms with Crippen molar-refractivity contribution in [3.05, 3.63) is 39.7 Å². The molecule has 0 aliphatic heterocycles. The zero-order chi connectivity index (χ0) is 11.1. The summed E-state index contributed by atoms with van der Waals surface area (Å²) in [4.78, 5) is 9.65. The van der Waals surface area contributed by atoms with Gasteiger partial charge < -0.3 is 0 Å². The van der Waals surface area contributed by atoms with Crippen LogP contribution in [0.2, 0.25) is 0 Å². The van der Waals surface area contributed by atoms with Crippen LogP contribution in [0.5, 0.6) is 0 Å². The van der Waals surface area contributed by atoms with Gasteiger partial charge in [0, 0.05) is 6.07 Å². The Hall–Kier alpha value is -1.89. The molecule has 1 aromatic carbocycles. The van der Waals surface area contributed by atoms with Crippen LogP contribution in [0.25, 0.3) is 0 Å². The van der Waals surface area contributed by atoms with E-state index in [1.165, 1.54) is 18.2 Å². The maximum absolute atomic E-state index is 13.3. The van der Waals surface area contributed by atoms with Gasteiger partial charge >= 0.3 is 5.69 Å². The topological polar surface area (TPSA) is 43.1 Å². The number of nitro benzene ring substituents is 1. The molecule has 1 aliphatic rings. The van der Waals surface area contributed by atoms with Crippen molar-refractivity contribution in [3.63, 3.8) is 0 Å². The summed E-state index contributed by atoms with van der Waals surface area (Å²) < 4.78 is 13.3. The van der Waals surface area contributed by atoms with Gasteiger partial charge in [-0.3, -0.25) is 10.1 Å². The van der Waals surface area contributed by atoms with Crippen molar-refractivity contribution in [2.24, 2.45) is 0 Å². The summed E-state index contributed by atoms with van der Waals surface area (Å²) >= 11 is 0. The molecule has 2 rings (SSSR count). The molecular weight excluding hydrogens is 197 g/mol. The highest BCUT2D eigenvalue weighted by molar-refractivity contribution is 5.45. The first-order valence-electron chi connectivity index (χ1n) is 4.51. The van der Waals surface area contributed by atoms with Crippen molar-refractivity contribution < 1.29 is 9.31 Å². The van der Waals surface area contributed by atoms with E-state index < -0.39 is 16.4 Å². The van der Waals surface area contributed by atoms with Crippen LogP contribution >= 0.6 is 0 Å². The van der Waals surface area contributed by atoms with Crippen molar-refractivity contribution in [3.8, 4) is 12.3 Å². The third-order valence-corrected chi connectivity index (χ3v) is 2.72. The molecule has 0 aromatic heterocycles. The molecule has 0 bridgehead atoms. The van der Waals surface area contributed by atoms with Crippen LogP contribution in [-0.2, 0) is 5.41 Å². The Balaban J connectivity index is 2.43. The fourth-order valence-corrected chi connectivity index (χ4v) is 1.59. The second-order valence-electron chi connectivity index (χ2n) is 3.65. The Labute approximate surface area is 86.1 Å². The predicted molar refractivity (Wildman–Crippen MR) is 52.8 cm³/mol. The van der Waals surface area contributed by atoms with E-state index in [0.29, 0.717) is 5.56 Å². The van der Waals surface area contributed by atoms with Crippen LogP contribution in [0, 0.1) is 28.3 Å².